The number of hydrogen-bond acceptors (Lipinski definition) is 3. The van der Waals surface area contributed by atoms with Gasteiger partial charge in [0.05, 0.1) is 0 Å². The number of aliphatic carboxylic acids is 1. The maximum Gasteiger partial charge on any atom is 0.323 e. The van der Waals surface area contributed by atoms with Gasteiger partial charge in [-0.3, -0.25) is 14.4 Å². The van der Waals surface area contributed by atoms with E-state index in [1.165, 1.54) is 11.8 Å². The van der Waals surface area contributed by atoms with Gasteiger partial charge in [-0.1, -0.05) is 18.5 Å². The Morgan fingerprint density at radius 3 is 2.36 bits per heavy atom. The van der Waals surface area contributed by atoms with Gasteiger partial charge < -0.3 is 15.3 Å². The molecule has 1 aromatic rings. The van der Waals surface area contributed by atoms with Crippen LogP contribution in [0.5, 0.6) is 0 Å². The van der Waals surface area contributed by atoms with Gasteiger partial charge in [0.15, 0.2) is 0 Å². The Labute approximate surface area is 134 Å². The predicted molar refractivity (Wildman–Crippen MR) is 82.9 cm³/mol. The van der Waals surface area contributed by atoms with Crippen LogP contribution in [0.3, 0.4) is 0 Å². The molecule has 0 aliphatic heterocycles. The van der Waals surface area contributed by atoms with Gasteiger partial charge in [0.1, 0.15) is 12.6 Å². The van der Waals surface area contributed by atoms with Crippen LogP contribution in [-0.2, 0) is 9.59 Å². The van der Waals surface area contributed by atoms with Crippen molar-refractivity contribution in [3.05, 3.63) is 34.9 Å². The van der Waals surface area contributed by atoms with Gasteiger partial charge in [-0.05, 0) is 37.6 Å². The summed E-state index contributed by atoms with van der Waals surface area (Å²) in [5.74, 6) is -1.92. The molecule has 0 heterocycles. The van der Waals surface area contributed by atoms with Gasteiger partial charge in [0.25, 0.3) is 5.91 Å². The lowest BCUT2D eigenvalue weighted by molar-refractivity contribution is -0.145. The van der Waals surface area contributed by atoms with E-state index in [2.05, 4.69) is 5.32 Å². The summed E-state index contributed by atoms with van der Waals surface area (Å²) in [4.78, 5) is 36.3. The predicted octanol–water partition coefficient (Wildman–Crippen LogP) is 1.78. The van der Waals surface area contributed by atoms with E-state index in [1.54, 1.807) is 24.3 Å². The highest BCUT2D eigenvalue weighted by Crippen LogP contribution is 2.09. The Bertz CT molecular complexity index is 545. The Hall–Kier alpha value is -2.08. The fourth-order valence-electron chi connectivity index (χ4n) is 1.92. The lowest BCUT2D eigenvalue weighted by Gasteiger charge is -2.24. The number of nitrogens with zero attached hydrogens (tertiary/aromatic N) is 1. The first-order valence-corrected chi connectivity index (χ1v) is 7.30. The first-order valence-electron chi connectivity index (χ1n) is 6.92. The summed E-state index contributed by atoms with van der Waals surface area (Å²) in [5, 5.41) is 11.9. The summed E-state index contributed by atoms with van der Waals surface area (Å²) in [6.07, 6.45) is 0.636. The Balaban J connectivity index is 2.70. The fraction of sp³-hybridized carbons (Fsp3) is 0.400. The van der Waals surface area contributed by atoms with Gasteiger partial charge >= 0.3 is 5.97 Å². The second kappa shape index (κ2) is 8.38. The Kier molecular flexibility index (Phi) is 6.85. The van der Waals surface area contributed by atoms with E-state index in [9.17, 15) is 14.4 Å². The molecule has 120 valence electrons. The summed E-state index contributed by atoms with van der Waals surface area (Å²) in [7, 11) is 0. The first kappa shape index (κ1) is 18.0. The third kappa shape index (κ3) is 5.37. The zero-order valence-corrected chi connectivity index (χ0v) is 13.3. The van der Waals surface area contributed by atoms with Crippen LogP contribution in [0.1, 0.15) is 30.6 Å². The van der Waals surface area contributed by atoms with Crippen molar-refractivity contribution in [1.29, 1.82) is 0 Å². The third-order valence-electron chi connectivity index (χ3n) is 2.96. The summed E-state index contributed by atoms with van der Waals surface area (Å²) in [5.41, 5.74) is 0.379. The van der Waals surface area contributed by atoms with E-state index in [0.29, 0.717) is 23.6 Å². The highest BCUT2D eigenvalue weighted by atomic mass is 35.5. The lowest BCUT2D eigenvalue weighted by atomic mass is 10.2. The number of halogens is 1. The summed E-state index contributed by atoms with van der Waals surface area (Å²) in [6, 6.07) is 5.45. The molecule has 0 fully saturated rings. The molecule has 1 aromatic carbocycles. The molecule has 0 saturated heterocycles. The molecule has 0 aliphatic rings. The molecule has 6 nitrogen and oxygen atoms in total. The van der Waals surface area contributed by atoms with Crippen molar-refractivity contribution in [3.63, 3.8) is 0 Å². The van der Waals surface area contributed by atoms with Crippen LogP contribution in [0.25, 0.3) is 0 Å². The number of carbonyl (C=O) groups is 3. The van der Waals surface area contributed by atoms with Crippen LogP contribution >= 0.6 is 11.6 Å². The lowest BCUT2D eigenvalue weighted by Crippen LogP contribution is -2.48. The standard InChI is InChI=1S/C15H19ClN2O4/c1-3-8-18(9-13(19)20)15(22)10(2)17-14(21)11-4-6-12(16)7-5-11/h4-7,10H,3,8-9H2,1-2H3,(H,17,21)(H,19,20). The maximum absolute atomic E-state index is 12.2. The number of carboxylic acid groups (broad SMARTS) is 1. The maximum atomic E-state index is 12.2. The fourth-order valence-corrected chi connectivity index (χ4v) is 2.04. The molecule has 7 heteroatoms. The number of hydrogen-bond donors (Lipinski definition) is 2. The van der Waals surface area contributed by atoms with E-state index >= 15 is 0 Å². The molecule has 0 aromatic heterocycles. The quantitative estimate of drug-likeness (QED) is 0.799. The Morgan fingerprint density at radius 1 is 1.27 bits per heavy atom. The van der Waals surface area contributed by atoms with Crippen molar-refractivity contribution in [1.82, 2.24) is 10.2 Å². The number of amides is 2. The van der Waals surface area contributed by atoms with Crippen LogP contribution in [0.2, 0.25) is 5.02 Å². The highest BCUT2D eigenvalue weighted by Gasteiger charge is 2.23. The van der Waals surface area contributed by atoms with Gasteiger partial charge in [-0.15, -0.1) is 0 Å². The van der Waals surface area contributed by atoms with Crippen molar-refractivity contribution in [2.45, 2.75) is 26.3 Å². The number of nitrogens with one attached hydrogen (secondary N) is 1. The minimum Gasteiger partial charge on any atom is -0.480 e. The van der Waals surface area contributed by atoms with Crippen LogP contribution in [-0.4, -0.2) is 46.9 Å². The second-order valence-corrected chi connectivity index (χ2v) is 5.29. The molecule has 2 amide bonds. The minimum atomic E-state index is -1.09. The van der Waals surface area contributed by atoms with Crippen molar-refractivity contribution in [3.8, 4) is 0 Å². The largest absolute Gasteiger partial charge is 0.480 e. The highest BCUT2D eigenvalue weighted by molar-refractivity contribution is 6.30. The number of rotatable bonds is 7. The molecule has 0 aliphatic carbocycles. The average molecular weight is 327 g/mol. The molecule has 0 bridgehead atoms. The zero-order valence-electron chi connectivity index (χ0n) is 12.5. The second-order valence-electron chi connectivity index (χ2n) is 4.86. The summed E-state index contributed by atoms with van der Waals surface area (Å²) < 4.78 is 0. The van der Waals surface area contributed by atoms with E-state index < -0.39 is 23.8 Å². The van der Waals surface area contributed by atoms with Gasteiger partial charge in [-0.25, -0.2) is 0 Å². The van der Waals surface area contributed by atoms with Crippen LogP contribution in [0, 0.1) is 0 Å². The molecule has 2 N–H and O–H groups in total. The number of carbonyl (C=O) groups excluding carboxylic acids is 2. The van der Waals surface area contributed by atoms with Crippen molar-refractivity contribution in [2.75, 3.05) is 13.1 Å². The van der Waals surface area contributed by atoms with Crippen LogP contribution in [0.4, 0.5) is 0 Å². The molecule has 1 unspecified atom stereocenters. The number of carboxylic acids is 1. The van der Waals surface area contributed by atoms with Crippen molar-refractivity contribution < 1.29 is 19.5 Å². The molecule has 0 radical (unpaired) electrons. The van der Waals surface area contributed by atoms with Crippen LogP contribution < -0.4 is 5.32 Å². The van der Waals surface area contributed by atoms with Gasteiger partial charge in [0.2, 0.25) is 5.91 Å². The minimum absolute atomic E-state index is 0.326. The molecule has 1 rings (SSSR count). The number of benzene rings is 1. The third-order valence-corrected chi connectivity index (χ3v) is 3.21. The summed E-state index contributed by atoms with van der Waals surface area (Å²) >= 11 is 5.75. The molecule has 0 saturated carbocycles. The topological polar surface area (TPSA) is 86.7 Å². The smallest absolute Gasteiger partial charge is 0.323 e. The van der Waals surface area contributed by atoms with E-state index in [-0.39, 0.29) is 6.54 Å². The van der Waals surface area contributed by atoms with Gasteiger partial charge in [-0.2, -0.15) is 0 Å². The molecule has 0 spiro atoms. The molecular formula is C15H19ClN2O4. The van der Waals surface area contributed by atoms with E-state index in [1.807, 2.05) is 6.92 Å². The van der Waals surface area contributed by atoms with Crippen molar-refractivity contribution in [2.24, 2.45) is 0 Å². The van der Waals surface area contributed by atoms with Crippen molar-refractivity contribution >= 4 is 29.4 Å². The first-order chi connectivity index (χ1) is 10.3. The van der Waals surface area contributed by atoms with E-state index in [0.717, 1.165) is 0 Å². The molecule has 22 heavy (non-hydrogen) atoms. The van der Waals surface area contributed by atoms with Gasteiger partial charge in [0, 0.05) is 17.1 Å². The molecular weight excluding hydrogens is 308 g/mol. The average Bonchev–Trinajstić information content (AvgIpc) is 2.46. The summed E-state index contributed by atoms with van der Waals surface area (Å²) in [6.45, 7) is 3.32. The molecule has 1 atom stereocenters. The monoisotopic (exact) mass is 326 g/mol. The van der Waals surface area contributed by atoms with Crippen LogP contribution in [0.15, 0.2) is 24.3 Å². The SMILES string of the molecule is CCCN(CC(=O)O)C(=O)C(C)NC(=O)c1ccc(Cl)cc1. The normalized spacial score (nSPS) is 11.6. The van der Waals surface area contributed by atoms with E-state index in [4.69, 9.17) is 16.7 Å². The Morgan fingerprint density at radius 2 is 1.86 bits per heavy atom. The zero-order chi connectivity index (χ0) is 16.7.